The predicted octanol–water partition coefficient (Wildman–Crippen LogP) is 2.18. The van der Waals surface area contributed by atoms with Gasteiger partial charge >= 0.3 is 0 Å². The molecule has 3 rings (SSSR count). The first-order valence-corrected chi connectivity index (χ1v) is 6.13. The van der Waals surface area contributed by atoms with Gasteiger partial charge in [-0.3, -0.25) is 0 Å². The van der Waals surface area contributed by atoms with E-state index in [-0.39, 0.29) is 6.10 Å². The highest BCUT2D eigenvalue weighted by Crippen LogP contribution is 2.24. The Kier molecular flexibility index (Phi) is 2.73. The monoisotopic (exact) mass is 231 g/mol. The fraction of sp³-hybridized carbons (Fsp3) is 0.462. The second kappa shape index (κ2) is 4.37. The van der Waals surface area contributed by atoms with Crippen LogP contribution < -0.4 is 4.90 Å². The summed E-state index contributed by atoms with van der Waals surface area (Å²) >= 11 is 0. The minimum Gasteiger partial charge on any atom is -0.377 e. The van der Waals surface area contributed by atoms with Gasteiger partial charge in [-0.05, 0) is 25.5 Å². The second-order valence-corrected chi connectivity index (χ2v) is 4.55. The average Bonchev–Trinajstić information content (AvgIpc) is 2.71. The lowest BCUT2D eigenvalue weighted by Crippen LogP contribution is -2.30. The summed E-state index contributed by atoms with van der Waals surface area (Å²) in [5.41, 5.74) is 1.15. The highest BCUT2D eigenvalue weighted by molar-refractivity contribution is 5.89. The Morgan fingerprint density at radius 2 is 2.41 bits per heavy atom. The standard InChI is InChI=1S/C13H17N3O/c1-10-9-16(7-2-8-17-10)13-11-3-5-14-12(11)4-6-15-13/h3-6,10,14H,2,7-9H2,1H3. The summed E-state index contributed by atoms with van der Waals surface area (Å²) in [6.07, 6.45) is 5.17. The van der Waals surface area contributed by atoms with E-state index in [0.717, 1.165) is 37.5 Å². The molecule has 0 aliphatic carbocycles. The number of aromatic amines is 1. The molecular weight excluding hydrogens is 214 g/mol. The van der Waals surface area contributed by atoms with Gasteiger partial charge in [0.1, 0.15) is 5.82 Å². The van der Waals surface area contributed by atoms with Gasteiger partial charge in [0.05, 0.1) is 11.6 Å². The van der Waals surface area contributed by atoms with Crippen LogP contribution in [0, 0.1) is 0 Å². The summed E-state index contributed by atoms with van der Waals surface area (Å²) < 4.78 is 5.67. The highest BCUT2D eigenvalue weighted by atomic mass is 16.5. The Balaban J connectivity index is 1.99. The lowest BCUT2D eigenvalue weighted by molar-refractivity contribution is 0.0820. The molecule has 0 radical (unpaired) electrons. The van der Waals surface area contributed by atoms with Gasteiger partial charge in [-0.1, -0.05) is 0 Å². The van der Waals surface area contributed by atoms with Gasteiger partial charge in [-0.2, -0.15) is 0 Å². The van der Waals surface area contributed by atoms with Crippen LogP contribution in [0.25, 0.3) is 10.9 Å². The number of ether oxygens (including phenoxy) is 1. The Hall–Kier alpha value is -1.55. The Bertz CT molecular complexity index is 508. The molecule has 0 aromatic carbocycles. The van der Waals surface area contributed by atoms with Crippen LogP contribution in [0.3, 0.4) is 0 Å². The smallest absolute Gasteiger partial charge is 0.138 e. The van der Waals surface area contributed by atoms with Gasteiger partial charge in [0.2, 0.25) is 0 Å². The van der Waals surface area contributed by atoms with Crippen molar-refractivity contribution >= 4 is 16.7 Å². The number of fused-ring (bicyclic) bond motifs is 1. The van der Waals surface area contributed by atoms with Crippen molar-refractivity contribution in [2.45, 2.75) is 19.4 Å². The van der Waals surface area contributed by atoms with Crippen molar-refractivity contribution in [1.82, 2.24) is 9.97 Å². The van der Waals surface area contributed by atoms with E-state index in [0.29, 0.717) is 0 Å². The largest absolute Gasteiger partial charge is 0.377 e. The Labute approximate surface area is 101 Å². The molecule has 3 heterocycles. The lowest BCUT2D eigenvalue weighted by Gasteiger charge is -2.23. The molecule has 1 unspecified atom stereocenters. The zero-order valence-corrected chi connectivity index (χ0v) is 10.0. The molecule has 0 amide bonds. The topological polar surface area (TPSA) is 41.2 Å². The normalized spacial score (nSPS) is 21.7. The van der Waals surface area contributed by atoms with Crippen molar-refractivity contribution in [1.29, 1.82) is 0 Å². The molecule has 1 fully saturated rings. The number of nitrogens with one attached hydrogen (secondary N) is 1. The van der Waals surface area contributed by atoms with E-state index in [1.165, 1.54) is 5.39 Å². The Morgan fingerprint density at radius 1 is 1.47 bits per heavy atom. The summed E-state index contributed by atoms with van der Waals surface area (Å²) in [4.78, 5) is 10.1. The van der Waals surface area contributed by atoms with E-state index in [4.69, 9.17) is 4.74 Å². The van der Waals surface area contributed by atoms with E-state index in [2.05, 4.69) is 27.9 Å². The van der Waals surface area contributed by atoms with Crippen molar-refractivity contribution < 1.29 is 4.74 Å². The number of pyridine rings is 1. The second-order valence-electron chi connectivity index (χ2n) is 4.55. The van der Waals surface area contributed by atoms with Gasteiger partial charge < -0.3 is 14.6 Å². The third-order valence-electron chi connectivity index (χ3n) is 3.21. The first-order chi connectivity index (χ1) is 8.34. The van der Waals surface area contributed by atoms with Crippen LogP contribution in [0.5, 0.6) is 0 Å². The molecule has 0 spiro atoms. The molecule has 4 nitrogen and oxygen atoms in total. The number of hydrogen-bond donors (Lipinski definition) is 1. The summed E-state index contributed by atoms with van der Waals surface area (Å²) in [7, 11) is 0. The highest BCUT2D eigenvalue weighted by Gasteiger charge is 2.18. The molecule has 1 saturated heterocycles. The molecule has 1 N–H and O–H groups in total. The van der Waals surface area contributed by atoms with Gasteiger partial charge in [-0.25, -0.2) is 4.98 Å². The maximum atomic E-state index is 5.67. The first-order valence-electron chi connectivity index (χ1n) is 6.13. The van der Waals surface area contributed by atoms with Crippen LogP contribution in [0.4, 0.5) is 5.82 Å². The number of hydrogen-bond acceptors (Lipinski definition) is 3. The maximum absolute atomic E-state index is 5.67. The van der Waals surface area contributed by atoms with E-state index in [9.17, 15) is 0 Å². The number of rotatable bonds is 1. The van der Waals surface area contributed by atoms with Crippen molar-refractivity contribution in [3.05, 3.63) is 24.5 Å². The molecular formula is C13H17N3O. The van der Waals surface area contributed by atoms with Crippen molar-refractivity contribution in [2.24, 2.45) is 0 Å². The molecule has 0 bridgehead atoms. The molecule has 0 saturated carbocycles. The van der Waals surface area contributed by atoms with Crippen LogP contribution in [0.2, 0.25) is 0 Å². The fourth-order valence-electron chi connectivity index (χ4n) is 2.41. The number of H-pyrrole nitrogens is 1. The Morgan fingerprint density at radius 3 is 3.35 bits per heavy atom. The fourth-order valence-corrected chi connectivity index (χ4v) is 2.41. The minimum absolute atomic E-state index is 0.272. The van der Waals surface area contributed by atoms with Gasteiger partial charge in [-0.15, -0.1) is 0 Å². The molecule has 17 heavy (non-hydrogen) atoms. The minimum atomic E-state index is 0.272. The summed E-state index contributed by atoms with van der Waals surface area (Å²) in [5, 5.41) is 1.20. The summed E-state index contributed by atoms with van der Waals surface area (Å²) in [6, 6.07) is 4.10. The van der Waals surface area contributed by atoms with Crippen molar-refractivity contribution in [3.63, 3.8) is 0 Å². The number of aromatic nitrogens is 2. The van der Waals surface area contributed by atoms with E-state index >= 15 is 0 Å². The van der Waals surface area contributed by atoms with E-state index in [1.807, 2.05) is 18.5 Å². The van der Waals surface area contributed by atoms with Crippen LogP contribution in [-0.2, 0) is 4.74 Å². The van der Waals surface area contributed by atoms with Crippen LogP contribution in [-0.4, -0.2) is 35.8 Å². The maximum Gasteiger partial charge on any atom is 0.138 e. The van der Waals surface area contributed by atoms with Crippen LogP contribution >= 0.6 is 0 Å². The van der Waals surface area contributed by atoms with Gasteiger partial charge in [0.25, 0.3) is 0 Å². The van der Waals surface area contributed by atoms with Crippen LogP contribution in [0.15, 0.2) is 24.5 Å². The van der Waals surface area contributed by atoms with Crippen molar-refractivity contribution in [2.75, 3.05) is 24.6 Å². The zero-order chi connectivity index (χ0) is 11.7. The summed E-state index contributed by atoms with van der Waals surface area (Å²) in [6.45, 7) is 4.90. The number of nitrogens with zero attached hydrogens (tertiary/aromatic N) is 2. The molecule has 1 aliphatic heterocycles. The van der Waals surface area contributed by atoms with Gasteiger partial charge in [0, 0.05) is 37.5 Å². The SMILES string of the molecule is CC1CN(c2nccc3[nH]ccc23)CCCO1. The molecule has 1 aliphatic rings. The zero-order valence-electron chi connectivity index (χ0n) is 10.0. The predicted molar refractivity (Wildman–Crippen MR) is 68.3 cm³/mol. The summed E-state index contributed by atoms with van der Waals surface area (Å²) in [5.74, 6) is 1.07. The molecule has 1 atom stereocenters. The van der Waals surface area contributed by atoms with E-state index < -0.39 is 0 Å². The van der Waals surface area contributed by atoms with Crippen LogP contribution in [0.1, 0.15) is 13.3 Å². The van der Waals surface area contributed by atoms with Gasteiger partial charge in [0.15, 0.2) is 0 Å². The third-order valence-corrected chi connectivity index (χ3v) is 3.21. The molecule has 2 aromatic heterocycles. The average molecular weight is 231 g/mol. The lowest BCUT2D eigenvalue weighted by atomic mass is 10.2. The quantitative estimate of drug-likeness (QED) is 0.817. The van der Waals surface area contributed by atoms with E-state index in [1.54, 1.807) is 0 Å². The third kappa shape index (κ3) is 2.00. The number of anilines is 1. The molecule has 2 aromatic rings. The first kappa shape index (κ1) is 10.6. The molecule has 4 heteroatoms. The molecule has 90 valence electrons. The van der Waals surface area contributed by atoms with Crippen molar-refractivity contribution in [3.8, 4) is 0 Å².